The zero-order valence-corrected chi connectivity index (χ0v) is 13.9. The summed E-state index contributed by atoms with van der Waals surface area (Å²) in [5.74, 6) is 0. The molecule has 0 spiro atoms. The van der Waals surface area contributed by atoms with Gasteiger partial charge < -0.3 is 5.32 Å². The third-order valence-electron chi connectivity index (χ3n) is 3.44. The molecule has 8 heteroatoms. The average molecular weight is 350 g/mol. The molecule has 2 unspecified atom stereocenters. The van der Waals surface area contributed by atoms with Crippen LogP contribution in [0, 0.1) is 11.3 Å². The maximum atomic E-state index is 12.3. The first-order chi connectivity index (χ1) is 9.44. The summed E-state index contributed by atoms with van der Waals surface area (Å²) in [6.45, 7) is 2.86. The van der Waals surface area contributed by atoms with Gasteiger partial charge in [-0.3, -0.25) is 0 Å². The van der Waals surface area contributed by atoms with Crippen LogP contribution in [-0.4, -0.2) is 27.0 Å². The van der Waals surface area contributed by atoms with Crippen LogP contribution in [0.3, 0.4) is 0 Å². The van der Waals surface area contributed by atoms with Crippen LogP contribution in [0.15, 0.2) is 23.1 Å². The molecule has 116 valence electrons. The molecule has 1 aromatic carbocycles. The van der Waals surface area contributed by atoms with E-state index in [1.165, 1.54) is 18.2 Å². The predicted octanol–water partition coefficient (Wildman–Crippen LogP) is 2.05. The normalized spacial score (nSPS) is 22.1. The summed E-state index contributed by atoms with van der Waals surface area (Å²) in [4.78, 5) is 0.0827. The van der Waals surface area contributed by atoms with Crippen LogP contribution in [0.1, 0.15) is 25.3 Å². The number of nitrogens with zero attached hydrogens (tertiary/aromatic N) is 1. The first-order valence-electron chi connectivity index (χ1n) is 6.39. The van der Waals surface area contributed by atoms with Gasteiger partial charge in [0.15, 0.2) is 0 Å². The molecule has 0 saturated carbocycles. The summed E-state index contributed by atoms with van der Waals surface area (Å²) >= 11 is 5.88. The van der Waals surface area contributed by atoms with Gasteiger partial charge in [-0.15, -0.1) is 12.4 Å². The average Bonchev–Trinajstić information content (AvgIpc) is 2.41. The van der Waals surface area contributed by atoms with Gasteiger partial charge in [0.1, 0.15) is 6.07 Å². The topological polar surface area (TPSA) is 82.0 Å². The third-order valence-corrected chi connectivity index (χ3v) is 5.24. The molecular weight excluding hydrogens is 333 g/mol. The molecule has 2 N–H and O–H groups in total. The summed E-state index contributed by atoms with van der Waals surface area (Å²) in [6.07, 6.45) is 1.74. The lowest BCUT2D eigenvalue weighted by Crippen LogP contribution is -2.51. The molecule has 0 aromatic heterocycles. The standard InChI is InChI=1S/C13H16ClN3O2S.ClH/c1-9-13(3-2-6-16-9)17-20(18,19)11-5-4-10(8-15)12(14)7-11;/h4-5,7,9,13,16-17H,2-3,6H2,1H3;1H. The molecule has 5 nitrogen and oxygen atoms in total. The molecule has 2 atom stereocenters. The molecule has 1 fully saturated rings. The number of hydrogen-bond donors (Lipinski definition) is 2. The SMILES string of the molecule is CC1NCCCC1NS(=O)(=O)c1ccc(C#N)c(Cl)c1.Cl. The van der Waals surface area contributed by atoms with E-state index in [2.05, 4.69) is 10.0 Å². The van der Waals surface area contributed by atoms with Crippen LogP contribution < -0.4 is 10.0 Å². The number of hydrogen-bond acceptors (Lipinski definition) is 4. The largest absolute Gasteiger partial charge is 0.313 e. The maximum Gasteiger partial charge on any atom is 0.240 e. The Bertz CT molecular complexity index is 643. The second-order valence-corrected chi connectivity index (χ2v) is 6.99. The van der Waals surface area contributed by atoms with E-state index in [9.17, 15) is 8.42 Å². The Morgan fingerprint density at radius 2 is 2.19 bits per heavy atom. The molecule has 0 aliphatic carbocycles. The van der Waals surface area contributed by atoms with E-state index in [1.54, 1.807) is 0 Å². The van der Waals surface area contributed by atoms with E-state index in [0.29, 0.717) is 0 Å². The fraction of sp³-hybridized carbons (Fsp3) is 0.462. The Morgan fingerprint density at radius 1 is 1.48 bits per heavy atom. The van der Waals surface area contributed by atoms with Crippen molar-refractivity contribution < 1.29 is 8.42 Å². The lowest BCUT2D eigenvalue weighted by molar-refractivity contribution is 0.349. The minimum absolute atomic E-state index is 0. The van der Waals surface area contributed by atoms with Crippen LogP contribution in [0.5, 0.6) is 0 Å². The highest BCUT2D eigenvalue weighted by Gasteiger charge is 2.26. The van der Waals surface area contributed by atoms with E-state index >= 15 is 0 Å². The van der Waals surface area contributed by atoms with Gasteiger partial charge in [0.2, 0.25) is 10.0 Å². The van der Waals surface area contributed by atoms with Gasteiger partial charge in [-0.05, 0) is 44.5 Å². The van der Waals surface area contributed by atoms with Gasteiger partial charge in [-0.2, -0.15) is 5.26 Å². The van der Waals surface area contributed by atoms with Crippen LogP contribution >= 0.6 is 24.0 Å². The van der Waals surface area contributed by atoms with E-state index in [0.717, 1.165) is 19.4 Å². The van der Waals surface area contributed by atoms with Gasteiger partial charge in [0.25, 0.3) is 0 Å². The lowest BCUT2D eigenvalue weighted by atomic mass is 10.0. The quantitative estimate of drug-likeness (QED) is 0.874. The van der Waals surface area contributed by atoms with Gasteiger partial charge in [0, 0.05) is 12.1 Å². The van der Waals surface area contributed by atoms with Crippen LogP contribution in [0.4, 0.5) is 0 Å². The molecule has 1 aromatic rings. The van der Waals surface area contributed by atoms with E-state index < -0.39 is 10.0 Å². The van der Waals surface area contributed by atoms with Crippen molar-refractivity contribution >= 4 is 34.0 Å². The van der Waals surface area contributed by atoms with Crippen LogP contribution in [0.2, 0.25) is 5.02 Å². The van der Waals surface area contributed by atoms with Crippen molar-refractivity contribution in [1.29, 1.82) is 5.26 Å². The molecule has 1 heterocycles. The number of benzene rings is 1. The first-order valence-corrected chi connectivity index (χ1v) is 8.25. The summed E-state index contributed by atoms with van der Waals surface area (Å²) in [5, 5.41) is 12.2. The second-order valence-electron chi connectivity index (χ2n) is 4.87. The summed E-state index contributed by atoms with van der Waals surface area (Å²) in [5.41, 5.74) is 0.262. The lowest BCUT2D eigenvalue weighted by Gasteiger charge is -2.30. The zero-order chi connectivity index (χ0) is 14.8. The molecule has 1 aliphatic rings. The minimum atomic E-state index is -3.62. The van der Waals surface area contributed by atoms with Crippen molar-refractivity contribution in [3.8, 4) is 6.07 Å². The number of nitrogens with one attached hydrogen (secondary N) is 2. The number of piperidine rings is 1. The Hall–Kier alpha value is -0.840. The molecule has 0 radical (unpaired) electrons. The molecule has 0 bridgehead atoms. The van der Waals surface area contributed by atoms with Crippen LogP contribution in [-0.2, 0) is 10.0 Å². The Morgan fingerprint density at radius 3 is 2.76 bits per heavy atom. The predicted molar refractivity (Wildman–Crippen MR) is 84.2 cm³/mol. The molecular formula is C13H17Cl2N3O2S. The Labute approximate surface area is 136 Å². The van der Waals surface area contributed by atoms with Crippen molar-refractivity contribution in [2.75, 3.05) is 6.54 Å². The molecule has 2 rings (SSSR count). The minimum Gasteiger partial charge on any atom is -0.313 e. The summed E-state index contributed by atoms with van der Waals surface area (Å²) in [7, 11) is -3.62. The van der Waals surface area contributed by atoms with Crippen molar-refractivity contribution in [2.24, 2.45) is 0 Å². The third kappa shape index (κ3) is 4.31. The Balaban J connectivity index is 0.00000220. The number of rotatable bonds is 3. The molecule has 0 amide bonds. The smallest absolute Gasteiger partial charge is 0.240 e. The van der Waals surface area contributed by atoms with Crippen molar-refractivity contribution in [1.82, 2.24) is 10.0 Å². The molecule has 21 heavy (non-hydrogen) atoms. The van der Waals surface area contributed by atoms with E-state index in [4.69, 9.17) is 16.9 Å². The highest BCUT2D eigenvalue weighted by molar-refractivity contribution is 7.89. The molecule has 1 aliphatic heterocycles. The number of sulfonamides is 1. The van der Waals surface area contributed by atoms with E-state index in [-0.39, 0.29) is 40.0 Å². The molecule has 1 saturated heterocycles. The van der Waals surface area contributed by atoms with Crippen molar-refractivity contribution in [2.45, 2.75) is 36.7 Å². The van der Waals surface area contributed by atoms with Crippen molar-refractivity contribution in [3.63, 3.8) is 0 Å². The van der Waals surface area contributed by atoms with E-state index in [1.807, 2.05) is 13.0 Å². The van der Waals surface area contributed by atoms with Gasteiger partial charge in [-0.25, -0.2) is 13.1 Å². The second kappa shape index (κ2) is 7.43. The summed E-state index contributed by atoms with van der Waals surface area (Å²) < 4.78 is 27.3. The van der Waals surface area contributed by atoms with Crippen LogP contribution in [0.25, 0.3) is 0 Å². The van der Waals surface area contributed by atoms with Gasteiger partial charge in [0.05, 0.1) is 15.5 Å². The fourth-order valence-electron chi connectivity index (χ4n) is 2.23. The Kier molecular flexibility index (Phi) is 6.44. The number of nitriles is 1. The van der Waals surface area contributed by atoms with Gasteiger partial charge >= 0.3 is 0 Å². The first kappa shape index (κ1) is 18.2. The fourth-order valence-corrected chi connectivity index (χ4v) is 3.89. The highest BCUT2D eigenvalue weighted by Crippen LogP contribution is 2.21. The summed E-state index contributed by atoms with van der Waals surface area (Å²) in [6, 6.07) is 5.98. The number of halogens is 2. The highest BCUT2D eigenvalue weighted by atomic mass is 35.5. The van der Waals surface area contributed by atoms with Gasteiger partial charge in [-0.1, -0.05) is 11.6 Å². The zero-order valence-electron chi connectivity index (χ0n) is 11.5. The maximum absolute atomic E-state index is 12.3. The monoisotopic (exact) mass is 349 g/mol. The van der Waals surface area contributed by atoms with Crippen molar-refractivity contribution in [3.05, 3.63) is 28.8 Å².